The molecular weight excluding hydrogens is 389 g/mol. The van der Waals surface area contributed by atoms with Gasteiger partial charge in [0, 0.05) is 17.8 Å². The highest BCUT2D eigenvalue weighted by atomic mass is 35.5. The lowest BCUT2D eigenvalue weighted by atomic mass is 10.2. The number of ether oxygens (including phenoxy) is 2. The Hall–Kier alpha value is -2.12. The number of pyridine rings is 1. The lowest BCUT2D eigenvalue weighted by Gasteiger charge is -2.14. The number of anilines is 1. The van der Waals surface area contributed by atoms with Gasteiger partial charge in [0.15, 0.2) is 11.5 Å². The van der Waals surface area contributed by atoms with Gasteiger partial charge in [-0.2, -0.15) is 8.78 Å². The number of nitrogens with one attached hydrogen (secondary N) is 1. The molecule has 1 amide bonds. The molecule has 1 aromatic carbocycles. The first-order chi connectivity index (χ1) is 12.4. The lowest BCUT2D eigenvalue weighted by molar-refractivity contribution is -0.0515. The highest BCUT2D eigenvalue weighted by Crippen LogP contribution is 2.34. The Labute approximate surface area is 158 Å². The van der Waals surface area contributed by atoms with Crippen molar-refractivity contribution in [2.24, 2.45) is 5.92 Å². The van der Waals surface area contributed by atoms with Crippen LogP contribution in [0.5, 0.6) is 11.5 Å². The molecule has 138 valence electrons. The summed E-state index contributed by atoms with van der Waals surface area (Å²) in [5.41, 5.74) is 0.478. The minimum Gasteiger partial charge on any atom is -0.489 e. The van der Waals surface area contributed by atoms with Gasteiger partial charge in [0.1, 0.15) is 5.15 Å². The summed E-state index contributed by atoms with van der Waals surface area (Å²) in [6.07, 6.45) is 3.38. The van der Waals surface area contributed by atoms with E-state index in [1.807, 2.05) is 0 Å². The van der Waals surface area contributed by atoms with Gasteiger partial charge in [0.05, 0.1) is 17.3 Å². The summed E-state index contributed by atoms with van der Waals surface area (Å²) in [4.78, 5) is 16.2. The van der Waals surface area contributed by atoms with Gasteiger partial charge >= 0.3 is 6.61 Å². The summed E-state index contributed by atoms with van der Waals surface area (Å²) in [7, 11) is 0. The molecule has 0 unspecified atom stereocenters. The molecule has 3 rings (SSSR count). The predicted octanol–water partition coefficient (Wildman–Crippen LogP) is 5.03. The third-order valence-electron chi connectivity index (χ3n) is 3.66. The van der Waals surface area contributed by atoms with Gasteiger partial charge in [0.25, 0.3) is 5.91 Å². The Morgan fingerprint density at radius 1 is 1.27 bits per heavy atom. The number of aromatic nitrogens is 1. The Bertz CT molecular complexity index is 817. The molecule has 1 fully saturated rings. The van der Waals surface area contributed by atoms with E-state index >= 15 is 0 Å². The summed E-state index contributed by atoms with van der Waals surface area (Å²) in [6.45, 7) is -2.60. The van der Waals surface area contributed by atoms with Crippen LogP contribution in [0.2, 0.25) is 10.2 Å². The minimum absolute atomic E-state index is 0.0868. The highest BCUT2D eigenvalue weighted by molar-refractivity contribution is 6.35. The van der Waals surface area contributed by atoms with Crippen molar-refractivity contribution in [3.63, 3.8) is 0 Å². The Balaban J connectivity index is 1.80. The second-order valence-corrected chi connectivity index (χ2v) is 6.53. The summed E-state index contributed by atoms with van der Waals surface area (Å²) >= 11 is 11.8. The number of hydrogen-bond donors (Lipinski definition) is 1. The van der Waals surface area contributed by atoms with E-state index in [9.17, 15) is 13.6 Å². The van der Waals surface area contributed by atoms with E-state index in [0.717, 1.165) is 12.8 Å². The van der Waals surface area contributed by atoms with Crippen LogP contribution < -0.4 is 14.8 Å². The average molecular weight is 403 g/mol. The molecular formula is C17H14Cl2F2N2O3. The number of nitrogens with zero attached hydrogens (tertiary/aromatic N) is 1. The predicted molar refractivity (Wildman–Crippen MR) is 93.5 cm³/mol. The summed E-state index contributed by atoms with van der Waals surface area (Å²) in [5.74, 6) is -0.135. The third-order valence-corrected chi connectivity index (χ3v) is 4.17. The maximum atomic E-state index is 12.6. The monoisotopic (exact) mass is 402 g/mol. The first-order valence-corrected chi connectivity index (χ1v) is 8.52. The Morgan fingerprint density at radius 3 is 2.73 bits per heavy atom. The average Bonchev–Trinajstić information content (AvgIpc) is 3.41. The number of carbonyl (C=O) groups excluding carboxylic acids is 1. The number of benzene rings is 1. The first-order valence-electron chi connectivity index (χ1n) is 7.76. The van der Waals surface area contributed by atoms with E-state index < -0.39 is 12.5 Å². The number of hydrogen-bond acceptors (Lipinski definition) is 4. The maximum Gasteiger partial charge on any atom is 0.387 e. The van der Waals surface area contributed by atoms with Crippen LogP contribution in [0.1, 0.15) is 23.2 Å². The molecule has 2 aromatic rings. The number of carbonyl (C=O) groups is 1. The largest absolute Gasteiger partial charge is 0.489 e. The van der Waals surface area contributed by atoms with Crippen molar-refractivity contribution < 1.29 is 23.0 Å². The van der Waals surface area contributed by atoms with Gasteiger partial charge in [-0.25, -0.2) is 4.98 Å². The molecule has 0 spiro atoms. The SMILES string of the molecule is O=C(Nc1cc(Cl)ncc1Cl)c1ccc(OC(F)F)c(OCC2CC2)c1. The zero-order chi connectivity index (χ0) is 18.7. The van der Waals surface area contributed by atoms with Crippen LogP contribution in [0.4, 0.5) is 14.5 Å². The molecule has 0 bridgehead atoms. The molecule has 5 nitrogen and oxygen atoms in total. The number of amides is 1. The minimum atomic E-state index is -2.99. The van der Waals surface area contributed by atoms with Gasteiger partial charge < -0.3 is 14.8 Å². The van der Waals surface area contributed by atoms with Crippen LogP contribution in [0, 0.1) is 5.92 Å². The van der Waals surface area contributed by atoms with Gasteiger partial charge in [-0.15, -0.1) is 0 Å². The van der Waals surface area contributed by atoms with Gasteiger partial charge in [-0.05, 0) is 37.0 Å². The molecule has 1 aromatic heterocycles. The molecule has 0 radical (unpaired) electrons. The van der Waals surface area contributed by atoms with E-state index in [0.29, 0.717) is 12.5 Å². The quantitative estimate of drug-likeness (QED) is 0.659. The van der Waals surface area contributed by atoms with Gasteiger partial charge in [0.2, 0.25) is 0 Å². The standard InChI is InChI=1S/C17H14Cl2F2N2O3/c18-11-7-22-15(19)6-12(11)23-16(24)10-3-4-13(26-17(20)21)14(5-10)25-8-9-1-2-9/h3-7,9,17H,1-2,8H2,(H,22,23,24). The van der Waals surface area contributed by atoms with Crippen LogP contribution in [-0.2, 0) is 0 Å². The van der Waals surface area contributed by atoms with Gasteiger partial charge in [-0.1, -0.05) is 23.2 Å². The van der Waals surface area contributed by atoms with E-state index in [1.54, 1.807) is 0 Å². The molecule has 0 atom stereocenters. The van der Waals surface area contributed by atoms with Gasteiger partial charge in [-0.3, -0.25) is 4.79 Å². The topological polar surface area (TPSA) is 60.5 Å². The molecule has 0 aliphatic heterocycles. The Kier molecular flexibility index (Phi) is 5.78. The summed E-state index contributed by atoms with van der Waals surface area (Å²) in [5, 5.41) is 2.97. The second-order valence-electron chi connectivity index (χ2n) is 5.74. The van der Waals surface area contributed by atoms with Crippen molar-refractivity contribution in [1.29, 1.82) is 0 Å². The lowest BCUT2D eigenvalue weighted by Crippen LogP contribution is -2.13. The van der Waals surface area contributed by atoms with Crippen molar-refractivity contribution in [3.8, 4) is 11.5 Å². The fraction of sp³-hybridized carbons (Fsp3) is 0.294. The zero-order valence-corrected chi connectivity index (χ0v) is 14.9. The molecule has 1 N–H and O–H groups in total. The number of alkyl halides is 2. The smallest absolute Gasteiger partial charge is 0.387 e. The van der Waals surface area contributed by atoms with E-state index in [4.69, 9.17) is 27.9 Å². The summed E-state index contributed by atoms with van der Waals surface area (Å²) in [6, 6.07) is 5.38. The molecule has 1 aliphatic rings. The molecule has 0 saturated heterocycles. The van der Waals surface area contributed by atoms with Crippen molar-refractivity contribution in [1.82, 2.24) is 4.98 Å². The van der Waals surface area contributed by atoms with Crippen molar-refractivity contribution >= 4 is 34.8 Å². The van der Waals surface area contributed by atoms with Crippen LogP contribution in [0.15, 0.2) is 30.5 Å². The van der Waals surface area contributed by atoms with Crippen LogP contribution in [0.25, 0.3) is 0 Å². The first kappa shape index (κ1) is 18.7. The molecule has 1 saturated carbocycles. The highest BCUT2D eigenvalue weighted by Gasteiger charge is 2.23. The summed E-state index contributed by atoms with van der Waals surface area (Å²) < 4.78 is 35.1. The van der Waals surface area contributed by atoms with E-state index in [1.165, 1.54) is 30.5 Å². The Morgan fingerprint density at radius 2 is 2.04 bits per heavy atom. The van der Waals surface area contributed by atoms with Crippen molar-refractivity contribution in [3.05, 3.63) is 46.2 Å². The zero-order valence-electron chi connectivity index (χ0n) is 13.3. The molecule has 9 heteroatoms. The normalized spacial score (nSPS) is 13.6. The third kappa shape index (κ3) is 4.95. The second kappa shape index (κ2) is 8.05. The van der Waals surface area contributed by atoms with Crippen LogP contribution in [0.3, 0.4) is 0 Å². The maximum absolute atomic E-state index is 12.6. The molecule has 26 heavy (non-hydrogen) atoms. The fourth-order valence-corrected chi connectivity index (χ4v) is 2.46. The van der Waals surface area contributed by atoms with E-state index in [-0.39, 0.29) is 32.9 Å². The molecule has 1 aliphatic carbocycles. The van der Waals surface area contributed by atoms with Crippen LogP contribution >= 0.6 is 23.2 Å². The van der Waals surface area contributed by atoms with Crippen LogP contribution in [-0.4, -0.2) is 24.1 Å². The van der Waals surface area contributed by atoms with Crippen molar-refractivity contribution in [2.75, 3.05) is 11.9 Å². The number of halogens is 4. The van der Waals surface area contributed by atoms with E-state index in [2.05, 4.69) is 15.0 Å². The molecule has 1 heterocycles. The van der Waals surface area contributed by atoms with Crippen molar-refractivity contribution in [2.45, 2.75) is 19.5 Å². The fourth-order valence-electron chi connectivity index (χ4n) is 2.15. The number of rotatable bonds is 7.